The van der Waals surface area contributed by atoms with Gasteiger partial charge in [0.1, 0.15) is 5.75 Å². The molecule has 2 rings (SSSR count). The summed E-state index contributed by atoms with van der Waals surface area (Å²) in [6.45, 7) is 8.38. The van der Waals surface area contributed by atoms with E-state index in [2.05, 4.69) is 26.1 Å². The normalized spacial score (nSPS) is 16.9. The number of hydrogen-bond donors (Lipinski definition) is 2. The Labute approximate surface area is 114 Å². The molecule has 0 radical (unpaired) electrons. The molecule has 0 atom stereocenters. The summed E-state index contributed by atoms with van der Waals surface area (Å²) >= 11 is 0. The average molecular weight is 265 g/mol. The molecule has 1 saturated heterocycles. The minimum Gasteiger partial charge on any atom is -0.496 e. The zero-order valence-corrected chi connectivity index (χ0v) is 12.2. The fourth-order valence-electron chi connectivity index (χ4n) is 2.45. The monoisotopic (exact) mass is 265 g/mol. The molecule has 0 aromatic heterocycles. The van der Waals surface area contributed by atoms with E-state index in [9.17, 15) is 5.11 Å². The van der Waals surface area contributed by atoms with Gasteiger partial charge in [-0.15, -0.1) is 0 Å². The minimum absolute atomic E-state index is 0.118. The van der Waals surface area contributed by atoms with Gasteiger partial charge < -0.3 is 19.9 Å². The van der Waals surface area contributed by atoms with Crippen LogP contribution in [0, 0.1) is 26.2 Å². The van der Waals surface area contributed by atoms with Crippen LogP contribution in [0.5, 0.6) is 5.75 Å². The summed E-state index contributed by atoms with van der Waals surface area (Å²) < 4.78 is 10.6. The lowest BCUT2D eigenvalue weighted by Crippen LogP contribution is -2.50. The molecule has 1 aromatic rings. The number of benzene rings is 1. The summed E-state index contributed by atoms with van der Waals surface area (Å²) in [6, 6.07) is 2.05. The van der Waals surface area contributed by atoms with Crippen LogP contribution in [0.4, 0.5) is 5.69 Å². The van der Waals surface area contributed by atoms with Crippen LogP contribution in [0.2, 0.25) is 0 Å². The van der Waals surface area contributed by atoms with E-state index in [1.54, 1.807) is 7.11 Å². The molecule has 1 aromatic carbocycles. The fraction of sp³-hybridized carbons (Fsp3) is 0.600. The maximum absolute atomic E-state index is 9.45. The molecular weight excluding hydrogens is 242 g/mol. The quantitative estimate of drug-likeness (QED) is 0.855. The third kappa shape index (κ3) is 2.55. The van der Waals surface area contributed by atoms with Gasteiger partial charge in [-0.05, 0) is 43.5 Å². The number of hydrogen-bond acceptors (Lipinski definition) is 4. The van der Waals surface area contributed by atoms with Crippen molar-refractivity contribution in [1.82, 2.24) is 0 Å². The number of aliphatic hydroxyl groups excluding tert-OH is 1. The highest BCUT2D eigenvalue weighted by atomic mass is 16.5. The predicted molar refractivity (Wildman–Crippen MR) is 76.0 cm³/mol. The van der Waals surface area contributed by atoms with Gasteiger partial charge in [-0.2, -0.15) is 0 Å². The number of anilines is 1. The molecule has 4 heteroatoms. The van der Waals surface area contributed by atoms with Crippen LogP contribution in [0.15, 0.2) is 6.07 Å². The van der Waals surface area contributed by atoms with Gasteiger partial charge in [-0.1, -0.05) is 0 Å². The predicted octanol–water partition coefficient (Wildman–Crippen LogP) is 2.04. The first-order chi connectivity index (χ1) is 9.03. The number of rotatable bonds is 5. The number of aryl methyl sites for hydroxylation is 1. The van der Waals surface area contributed by atoms with Crippen LogP contribution in [0.1, 0.15) is 16.7 Å². The molecule has 0 saturated carbocycles. The van der Waals surface area contributed by atoms with Crippen molar-refractivity contribution in [1.29, 1.82) is 0 Å². The number of methoxy groups -OCH3 is 1. The maximum atomic E-state index is 9.45. The van der Waals surface area contributed by atoms with Gasteiger partial charge in [0, 0.05) is 12.2 Å². The van der Waals surface area contributed by atoms with Crippen LogP contribution in [-0.4, -0.2) is 38.6 Å². The average Bonchev–Trinajstić information content (AvgIpc) is 2.36. The molecule has 1 fully saturated rings. The topological polar surface area (TPSA) is 50.7 Å². The Kier molecular flexibility index (Phi) is 4.02. The van der Waals surface area contributed by atoms with Crippen LogP contribution in [0.3, 0.4) is 0 Å². The molecule has 4 nitrogen and oxygen atoms in total. The Morgan fingerprint density at radius 3 is 2.47 bits per heavy atom. The molecule has 2 N–H and O–H groups in total. The van der Waals surface area contributed by atoms with Gasteiger partial charge in [-0.3, -0.25) is 0 Å². The van der Waals surface area contributed by atoms with Crippen molar-refractivity contribution in [3.8, 4) is 5.75 Å². The zero-order chi connectivity index (χ0) is 14.0. The summed E-state index contributed by atoms with van der Waals surface area (Å²) in [5.74, 6) is 0.921. The van der Waals surface area contributed by atoms with Crippen LogP contribution in [0.25, 0.3) is 0 Å². The van der Waals surface area contributed by atoms with Gasteiger partial charge in [0.15, 0.2) is 0 Å². The highest BCUT2D eigenvalue weighted by molar-refractivity contribution is 5.63. The van der Waals surface area contributed by atoms with Crippen LogP contribution in [-0.2, 0) is 4.74 Å². The zero-order valence-electron chi connectivity index (χ0n) is 12.2. The van der Waals surface area contributed by atoms with E-state index in [0.717, 1.165) is 29.1 Å². The van der Waals surface area contributed by atoms with Gasteiger partial charge in [-0.25, -0.2) is 0 Å². The van der Waals surface area contributed by atoms with Crippen LogP contribution >= 0.6 is 0 Å². The SMILES string of the molecule is COc1cc(C)c(NCC2(CO)COC2)c(C)c1C. The van der Waals surface area contributed by atoms with E-state index in [1.165, 1.54) is 5.56 Å². The third-order valence-corrected chi connectivity index (χ3v) is 4.06. The molecule has 19 heavy (non-hydrogen) atoms. The van der Waals surface area contributed by atoms with Crippen molar-refractivity contribution in [2.75, 3.05) is 38.8 Å². The summed E-state index contributed by atoms with van der Waals surface area (Å²) in [6.07, 6.45) is 0. The Balaban J connectivity index is 2.18. The van der Waals surface area contributed by atoms with E-state index >= 15 is 0 Å². The van der Waals surface area contributed by atoms with E-state index in [1.807, 2.05) is 6.07 Å². The fourth-order valence-corrected chi connectivity index (χ4v) is 2.45. The molecule has 0 bridgehead atoms. The van der Waals surface area contributed by atoms with Crippen molar-refractivity contribution in [2.24, 2.45) is 5.41 Å². The first-order valence-corrected chi connectivity index (χ1v) is 6.60. The number of ether oxygens (including phenoxy) is 2. The standard InChI is InChI=1S/C15H23NO3/c1-10-5-13(18-4)11(2)12(3)14(10)16-6-15(7-17)8-19-9-15/h5,16-17H,6-9H2,1-4H3. The van der Waals surface area contributed by atoms with Gasteiger partial charge >= 0.3 is 0 Å². The summed E-state index contributed by atoms with van der Waals surface area (Å²) in [7, 11) is 1.70. The molecule has 0 spiro atoms. The van der Waals surface area contributed by atoms with Crippen molar-refractivity contribution < 1.29 is 14.6 Å². The number of aliphatic hydroxyl groups is 1. The second-order valence-electron chi connectivity index (χ2n) is 5.53. The highest BCUT2D eigenvalue weighted by Crippen LogP contribution is 2.33. The molecule has 0 amide bonds. The molecular formula is C15H23NO3. The van der Waals surface area contributed by atoms with Crippen molar-refractivity contribution in [3.05, 3.63) is 22.8 Å². The Hall–Kier alpha value is -1.26. The lowest BCUT2D eigenvalue weighted by Gasteiger charge is -2.40. The molecule has 1 heterocycles. The molecule has 0 unspecified atom stereocenters. The van der Waals surface area contributed by atoms with E-state index < -0.39 is 0 Å². The second-order valence-corrected chi connectivity index (χ2v) is 5.53. The highest BCUT2D eigenvalue weighted by Gasteiger charge is 2.38. The lowest BCUT2D eigenvalue weighted by molar-refractivity contribution is -0.128. The Morgan fingerprint density at radius 1 is 1.32 bits per heavy atom. The van der Waals surface area contributed by atoms with Crippen LogP contribution < -0.4 is 10.1 Å². The molecule has 106 valence electrons. The van der Waals surface area contributed by atoms with E-state index in [-0.39, 0.29) is 12.0 Å². The van der Waals surface area contributed by atoms with E-state index in [0.29, 0.717) is 13.2 Å². The first kappa shape index (κ1) is 14.2. The maximum Gasteiger partial charge on any atom is 0.122 e. The van der Waals surface area contributed by atoms with E-state index in [4.69, 9.17) is 9.47 Å². The first-order valence-electron chi connectivity index (χ1n) is 6.60. The smallest absolute Gasteiger partial charge is 0.122 e. The third-order valence-electron chi connectivity index (χ3n) is 4.06. The van der Waals surface area contributed by atoms with Crippen molar-refractivity contribution in [3.63, 3.8) is 0 Å². The summed E-state index contributed by atoms with van der Waals surface area (Å²) in [5.41, 5.74) is 4.53. The molecule has 1 aliphatic rings. The largest absolute Gasteiger partial charge is 0.496 e. The Bertz CT molecular complexity index is 461. The van der Waals surface area contributed by atoms with Crippen molar-refractivity contribution in [2.45, 2.75) is 20.8 Å². The molecule has 1 aliphatic heterocycles. The van der Waals surface area contributed by atoms with Gasteiger partial charge in [0.25, 0.3) is 0 Å². The molecule has 0 aliphatic carbocycles. The Morgan fingerprint density at radius 2 is 2.00 bits per heavy atom. The van der Waals surface area contributed by atoms with Gasteiger partial charge in [0.2, 0.25) is 0 Å². The number of nitrogens with one attached hydrogen (secondary N) is 1. The lowest BCUT2D eigenvalue weighted by atomic mass is 9.86. The van der Waals surface area contributed by atoms with Crippen molar-refractivity contribution >= 4 is 5.69 Å². The minimum atomic E-state index is -0.118. The summed E-state index contributed by atoms with van der Waals surface area (Å²) in [5, 5.41) is 12.9. The van der Waals surface area contributed by atoms with Gasteiger partial charge in [0.05, 0.1) is 32.3 Å². The summed E-state index contributed by atoms with van der Waals surface area (Å²) in [4.78, 5) is 0. The second kappa shape index (κ2) is 5.39.